The number of rotatable bonds is 5. The van der Waals surface area contributed by atoms with Crippen molar-refractivity contribution in [1.82, 2.24) is 9.55 Å². The normalized spacial score (nSPS) is 12.3. The topological polar surface area (TPSA) is 52.0 Å². The molecule has 140 valence electrons. The Kier molecular flexibility index (Phi) is 5.76. The lowest BCUT2D eigenvalue weighted by Gasteiger charge is -2.15. The molecule has 0 radical (unpaired) electrons. The van der Waals surface area contributed by atoms with E-state index in [0.29, 0.717) is 28.7 Å². The van der Waals surface area contributed by atoms with E-state index in [1.807, 2.05) is 6.92 Å². The van der Waals surface area contributed by atoms with Crippen LogP contribution in [-0.2, 0) is 6.54 Å². The zero-order chi connectivity index (χ0) is 19.7. The second-order valence-electron chi connectivity index (χ2n) is 5.85. The van der Waals surface area contributed by atoms with Crippen LogP contribution in [0.1, 0.15) is 24.2 Å². The first-order valence-electron chi connectivity index (χ1n) is 8.17. The van der Waals surface area contributed by atoms with Gasteiger partial charge in [0.1, 0.15) is 11.6 Å². The summed E-state index contributed by atoms with van der Waals surface area (Å²) in [7, 11) is 0. The fraction of sp³-hybridized carbons (Fsp3) is 0.211. The molecule has 1 aromatic heterocycles. The van der Waals surface area contributed by atoms with Crippen molar-refractivity contribution in [3.63, 3.8) is 0 Å². The van der Waals surface area contributed by atoms with E-state index in [1.54, 1.807) is 25.1 Å². The number of nitrogens with zero attached hydrogens (tertiary/aromatic N) is 2. The summed E-state index contributed by atoms with van der Waals surface area (Å²) in [6.07, 6.45) is 0. The van der Waals surface area contributed by atoms with Gasteiger partial charge in [-0.2, -0.15) is 0 Å². The van der Waals surface area contributed by atoms with E-state index in [9.17, 15) is 18.4 Å². The van der Waals surface area contributed by atoms with Crippen LogP contribution in [0.25, 0.3) is 10.9 Å². The van der Waals surface area contributed by atoms with Crippen LogP contribution in [-0.4, -0.2) is 20.6 Å². The van der Waals surface area contributed by atoms with E-state index in [2.05, 4.69) is 20.9 Å². The lowest BCUT2D eigenvalue weighted by molar-refractivity contribution is 0.0990. The Hall–Kier alpha value is -2.06. The molecule has 8 heteroatoms. The smallest absolute Gasteiger partial charge is 0.262 e. The van der Waals surface area contributed by atoms with Crippen molar-refractivity contribution >= 4 is 44.4 Å². The Morgan fingerprint density at radius 1 is 1.26 bits per heavy atom. The predicted molar refractivity (Wildman–Crippen MR) is 105 cm³/mol. The highest BCUT2D eigenvalue weighted by Crippen LogP contribution is 2.26. The summed E-state index contributed by atoms with van der Waals surface area (Å²) >= 11 is 4.41. The minimum atomic E-state index is -0.906. The van der Waals surface area contributed by atoms with Crippen LogP contribution in [0, 0.1) is 11.6 Å². The molecule has 1 unspecified atom stereocenters. The highest BCUT2D eigenvalue weighted by molar-refractivity contribution is 9.10. The van der Waals surface area contributed by atoms with E-state index in [-0.39, 0.29) is 11.1 Å². The number of hydrogen-bond donors (Lipinski definition) is 0. The predicted octanol–water partition coefficient (Wildman–Crippen LogP) is 4.82. The molecule has 0 amide bonds. The van der Waals surface area contributed by atoms with E-state index < -0.39 is 22.7 Å². The van der Waals surface area contributed by atoms with Crippen molar-refractivity contribution < 1.29 is 13.6 Å². The van der Waals surface area contributed by atoms with E-state index in [4.69, 9.17) is 0 Å². The van der Waals surface area contributed by atoms with Crippen LogP contribution < -0.4 is 5.56 Å². The second-order valence-corrected chi connectivity index (χ2v) is 8.08. The quantitative estimate of drug-likeness (QED) is 0.316. The summed E-state index contributed by atoms with van der Waals surface area (Å²) in [6.45, 7) is 3.79. The van der Waals surface area contributed by atoms with Crippen molar-refractivity contribution in [1.29, 1.82) is 0 Å². The van der Waals surface area contributed by atoms with Gasteiger partial charge in [-0.1, -0.05) is 27.7 Å². The van der Waals surface area contributed by atoms with Gasteiger partial charge in [0.05, 0.1) is 21.7 Å². The van der Waals surface area contributed by atoms with Crippen LogP contribution in [0.5, 0.6) is 0 Å². The highest BCUT2D eigenvalue weighted by Gasteiger charge is 2.23. The van der Waals surface area contributed by atoms with Gasteiger partial charge in [-0.05, 0) is 44.2 Å². The van der Waals surface area contributed by atoms with Gasteiger partial charge < -0.3 is 0 Å². The molecule has 1 atom stereocenters. The Labute approximate surface area is 166 Å². The number of aromatic nitrogens is 2. The van der Waals surface area contributed by atoms with Gasteiger partial charge in [0, 0.05) is 17.1 Å². The maximum Gasteiger partial charge on any atom is 0.262 e. The molecule has 0 aliphatic rings. The lowest BCUT2D eigenvalue weighted by atomic mass is 10.1. The van der Waals surface area contributed by atoms with Gasteiger partial charge in [0.15, 0.2) is 10.9 Å². The number of hydrogen-bond acceptors (Lipinski definition) is 4. The Morgan fingerprint density at radius 2 is 2.00 bits per heavy atom. The highest BCUT2D eigenvalue weighted by atomic mass is 79.9. The summed E-state index contributed by atoms with van der Waals surface area (Å²) < 4.78 is 29.2. The minimum absolute atomic E-state index is 0.188. The van der Waals surface area contributed by atoms with Crippen LogP contribution in [0.3, 0.4) is 0 Å². The first-order chi connectivity index (χ1) is 12.8. The number of fused-ring (bicyclic) bond motifs is 1. The third-order valence-electron chi connectivity index (χ3n) is 4.05. The molecule has 1 heterocycles. The summed E-state index contributed by atoms with van der Waals surface area (Å²) in [5.41, 5.74) is 0.119. The molecular weight excluding hydrogens is 438 g/mol. The second kappa shape index (κ2) is 7.90. The Bertz CT molecular complexity index is 1100. The number of thioether (sulfide) groups is 1. The van der Waals surface area contributed by atoms with Gasteiger partial charge in [-0.3, -0.25) is 14.2 Å². The maximum absolute atomic E-state index is 13.9. The monoisotopic (exact) mass is 452 g/mol. The molecule has 0 fully saturated rings. The number of carbonyl (C=O) groups excluding carboxylic acids is 1. The SMILES string of the molecule is CCn1c(SC(C)C(=O)c2ccc(F)cc2F)nc2ccc(Br)cc2c1=O. The van der Waals surface area contributed by atoms with Gasteiger partial charge in [-0.15, -0.1) is 0 Å². The van der Waals surface area contributed by atoms with Gasteiger partial charge in [0.25, 0.3) is 5.56 Å². The van der Waals surface area contributed by atoms with Crippen molar-refractivity contribution in [2.45, 2.75) is 30.8 Å². The third-order valence-corrected chi connectivity index (χ3v) is 5.63. The van der Waals surface area contributed by atoms with E-state index in [1.165, 1.54) is 4.57 Å². The number of benzene rings is 2. The van der Waals surface area contributed by atoms with Crippen molar-refractivity contribution in [2.75, 3.05) is 0 Å². The third kappa shape index (κ3) is 3.96. The number of carbonyl (C=O) groups is 1. The summed E-state index contributed by atoms with van der Waals surface area (Å²) in [6, 6.07) is 8.05. The molecule has 3 aromatic rings. The van der Waals surface area contributed by atoms with Crippen LogP contribution >= 0.6 is 27.7 Å². The van der Waals surface area contributed by atoms with Gasteiger partial charge in [-0.25, -0.2) is 13.8 Å². The number of ketones is 1. The lowest BCUT2D eigenvalue weighted by Crippen LogP contribution is -2.24. The average Bonchev–Trinajstić information content (AvgIpc) is 2.62. The molecule has 0 spiro atoms. The molecule has 0 aliphatic heterocycles. The molecular formula is C19H15BrF2N2O2S. The average molecular weight is 453 g/mol. The molecule has 27 heavy (non-hydrogen) atoms. The van der Waals surface area contributed by atoms with Gasteiger partial charge in [0.2, 0.25) is 0 Å². The first-order valence-corrected chi connectivity index (χ1v) is 9.85. The van der Waals surface area contributed by atoms with Crippen molar-refractivity contribution in [3.8, 4) is 0 Å². The summed E-state index contributed by atoms with van der Waals surface area (Å²) in [5.74, 6) is -2.14. The van der Waals surface area contributed by atoms with E-state index in [0.717, 1.165) is 28.4 Å². The maximum atomic E-state index is 13.9. The fourth-order valence-electron chi connectivity index (χ4n) is 2.66. The molecule has 4 nitrogen and oxygen atoms in total. The molecule has 0 saturated heterocycles. The van der Waals surface area contributed by atoms with Crippen molar-refractivity contribution in [2.24, 2.45) is 0 Å². The molecule has 0 aliphatic carbocycles. The Morgan fingerprint density at radius 3 is 2.67 bits per heavy atom. The van der Waals surface area contributed by atoms with Crippen molar-refractivity contribution in [3.05, 3.63) is 68.4 Å². The zero-order valence-corrected chi connectivity index (χ0v) is 16.9. The minimum Gasteiger partial charge on any atom is -0.293 e. The number of halogens is 3. The summed E-state index contributed by atoms with van der Waals surface area (Å²) in [5, 5.41) is 0.141. The molecule has 3 rings (SSSR count). The van der Waals surface area contributed by atoms with Crippen LogP contribution in [0.15, 0.2) is 50.8 Å². The largest absolute Gasteiger partial charge is 0.293 e. The zero-order valence-electron chi connectivity index (χ0n) is 14.5. The standard InChI is InChI=1S/C19H15BrF2N2O2S/c1-3-24-18(26)14-8-11(20)4-7-16(14)23-19(24)27-10(2)17(25)13-6-5-12(21)9-15(13)22/h4-10H,3H2,1-2H3. The van der Waals surface area contributed by atoms with Gasteiger partial charge >= 0.3 is 0 Å². The van der Waals surface area contributed by atoms with Crippen LogP contribution in [0.4, 0.5) is 8.78 Å². The van der Waals surface area contributed by atoms with E-state index >= 15 is 0 Å². The first kappa shape index (κ1) is 19.7. The molecule has 0 bridgehead atoms. The fourth-order valence-corrected chi connectivity index (χ4v) is 4.06. The molecule has 0 saturated carbocycles. The number of Topliss-reactive ketones (excluding diaryl/α,β-unsaturated/α-hetero) is 1. The summed E-state index contributed by atoms with van der Waals surface area (Å²) in [4.78, 5) is 29.8. The molecule has 0 N–H and O–H groups in total. The van der Waals surface area contributed by atoms with Crippen LogP contribution in [0.2, 0.25) is 0 Å². The Balaban J connectivity index is 1.99. The molecule has 2 aromatic carbocycles.